The molecule has 1 fully saturated rings. The number of rotatable bonds is 8. The van der Waals surface area contributed by atoms with Crippen LogP contribution in [-0.4, -0.2) is 39.5 Å². The van der Waals surface area contributed by atoms with E-state index in [1.54, 1.807) is 12.1 Å². The van der Waals surface area contributed by atoms with Crippen LogP contribution in [0.4, 0.5) is 24.5 Å². The fourth-order valence-electron chi connectivity index (χ4n) is 3.40. The van der Waals surface area contributed by atoms with Gasteiger partial charge in [-0.15, -0.1) is 13.2 Å². The van der Waals surface area contributed by atoms with Gasteiger partial charge in [-0.1, -0.05) is 18.2 Å². The zero-order chi connectivity index (χ0) is 23.2. The summed E-state index contributed by atoms with van der Waals surface area (Å²) < 4.78 is 68.3. The summed E-state index contributed by atoms with van der Waals surface area (Å²) in [6, 6.07) is 12.2. The number of para-hydroxylation sites is 1. The van der Waals surface area contributed by atoms with Crippen molar-refractivity contribution in [1.29, 1.82) is 0 Å². The van der Waals surface area contributed by atoms with E-state index in [2.05, 4.69) is 19.7 Å². The number of amides is 1. The molecule has 32 heavy (non-hydrogen) atoms. The van der Waals surface area contributed by atoms with Gasteiger partial charge in [0.05, 0.1) is 0 Å². The maximum atomic E-state index is 12.5. The molecule has 1 aliphatic rings. The molecule has 0 bridgehead atoms. The maximum Gasteiger partial charge on any atom is 0.573 e. The maximum absolute atomic E-state index is 12.5. The van der Waals surface area contributed by atoms with Gasteiger partial charge in [0.2, 0.25) is 15.9 Å². The lowest BCUT2D eigenvalue weighted by atomic mass is 10.1. The second kappa shape index (κ2) is 10.1. The third kappa shape index (κ3) is 7.33. The minimum absolute atomic E-state index is 0.0665. The number of benzene rings is 2. The van der Waals surface area contributed by atoms with Gasteiger partial charge in [0, 0.05) is 36.6 Å². The number of carbonyl (C=O) groups is 1. The first-order valence-electron chi connectivity index (χ1n) is 10.1. The molecular formula is C21H24F3N3O4S. The van der Waals surface area contributed by atoms with Crippen molar-refractivity contribution < 1.29 is 31.1 Å². The number of hydrogen-bond donors (Lipinski definition) is 2. The van der Waals surface area contributed by atoms with E-state index in [1.165, 1.54) is 24.6 Å². The predicted molar refractivity (Wildman–Crippen MR) is 115 cm³/mol. The van der Waals surface area contributed by atoms with Crippen molar-refractivity contribution in [2.75, 3.05) is 28.5 Å². The molecule has 1 amide bonds. The van der Waals surface area contributed by atoms with Gasteiger partial charge in [-0.3, -0.25) is 9.52 Å². The van der Waals surface area contributed by atoms with Crippen LogP contribution in [0.2, 0.25) is 0 Å². The van der Waals surface area contributed by atoms with E-state index >= 15 is 0 Å². The van der Waals surface area contributed by atoms with Crippen LogP contribution in [0, 0.1) is 0 Å². The molecule has 3 rings (SSSR count). The first-order valence-corrected chi connectivity index (χ1v) is 11.7. The normalized spacial score (nSPS) is 14.7. The lowest BCUT2D eigenvalue weighted by molar-refractivity contribution is -0.274. The second-order valence-corrected chi connectivity index (χ2v) is 9.11. The van der Waals surface area contributed by atoms with Crippen molar-refractivity contribution >= 4 is 27.3 Å². The monoisotopic (exact) mass is 471 g/mol. The van der Waals surface area contributed by atoms with Crippen LogP contribution in [0.5, 0.6) is 5.75 Å². The summed E-state index contributed by atoms with van der Waals surface area (Å²) in [7, 11) is -4.00. The summed E-state index contributed by atoms with van der Waals surface area (Å²) >= 11 is 0. The van der Waals surface area contributed by atoms with Gasteiger partial charge in [-0.2, -0.15) is 0 Å². The molecule has 2 aromatic carbocycles. The number of nitrogens with one attached hydrogen (secondary N) is 2. The average molecular weight is 472 g/mol. The Morgan fingerprint density at radius 2 is 1.66 bits per heavy atom. The second-order valence-electron chi connectivity index (χ2n) is 7.39. The fourth-order valence-corrected chi connectivity index (χ4v) is 4.41. The Bertz CT molecular complexity index is 1020. The van der Waals surface area contributed by atoms with Gasteiger partial charge in [-0.05, 0) is 49.6 Å². The number of alkyl halides is 3. The van der Waals surface area contributed by atoms with Crippen LogP contribution in [0.1, 0.15) is 24.8 Å². The molecule has 0 spiro atoms. The summed E-state index contributed by atoms with van der Waals surface area (Å²) in [5.74, 6) is -2.19. The highest BCUT2D eigenvalue weighted by molar-refractivity contribution is 7.93. The number of nitrogens with zero attached hydrogens (tertiary/aromatic N) is 1. The van der Waals surface area contributed by atoms with Crippen LogP contribution in [-0.2, 0) is 21.4 Å². The van der Waals surface area contributed by atoms with Crippen LogP contribution in [0.3, 0.4) is 0 Å². The smallest absolute Gasteiger partial charge is 0.405 e. The Morgan fingerprint density at radius 3 is 2.31 bits per heavy atom. The highest BCUT2D eigenvalue weighted by Crippen LogP contribution is 2.26. The minimum atomic E-state index is -4.88. The van der Waals surface area contributed by atoms with E-state index in [0.717, 1.165) is 37.7 Å². The highest BCUT2D eigenvalue weighted by atomic mass is 32.2. The van der Waals surface area contributed by atoms with Crippen molar-refractivity contribution in [1.82, 2.24) is 5.32 Å². The average Bonchev–Trinajstić information content (AvgIpc) is 2.72. The fraction of sp³-hybridized carbons (Fsp3) is 0.381. The molecule has 1 heterocycles. The standard InChI is InChI=1S/C21H24F3N3O4S/c22-21(23,24)31-19-7-3-2-6-16(19)14-25-20(28)15-32(29,30)26-17-8-10-18(11-9-17)27-12-4-1-5-13-27/h2-3,6-11,26H,1,4-5,12-15H2,(H,25,28). The van der Waals surface area contributed by atoms with Crippen LogP contribution in [0.25, 0.3) is 0 Å². The lowest BCUT2D eigenvalue weighted by Crippen LogP contribution is -2.33. The molecule has 1 aliphatic heterocycles. The number of ether oxygens (including phenoxy) is 1. The van der Waals surface area contributed by atoms with E-state index < -0.39 is 33.8 Å². The van der Waals surface area contributed by atoms with Gasteiger partial charge in [0.15, 0.2) is 0 Å². The molecule has 0 unspecified atom stereocenters. The SMILES string of the molecule is O=C(CS(=O)(=O)Nc1ccc(N2CCCCC2)cc1)NCc1ccccc1OC(F)(F)F. The Labute approximate surface area is 184 Å². The first-order chi connectivity index (χ1) is 15.1. The van der Waals surface area contributed by atoms with Crippen LogP contribution in [0.15, 0.2) is 48.5 Å². The highest BCUT2D eigenvalue weighted by Gasteiger charge is 2.32. The summed E-state index contributed by atoms with van der Waals surface area (Å²) in [6.07, 6.45) is -1.43. The molecule has 174 valence electrons. The number of halogens is 3. The molecule has 0 atom stereocenters. The largest absolute Gasteiger partial charge is 0.573 e. The van der Waals surface area contributed by atoms with Crippen molar-refractivity contribution in [2.45, 2.75) is 32.2 Å². The molecule has 0 aromatic heterocycles. The molecule has 0 saturated carbocycles. The summed E-state index contributed by atoms with van der Waals surface area (Å²) in [4.78, 5) is 14.3. The van der Waals surface area contributed by atoms with Gasteiger partial charge in [0.25, 0.3) is 0 Å². The Kier molecular flexibility index (Phi) is 7.49. The van der Waals surface area contributed by atoms with Crippen molar-refractivity contribution in [3.63, 3.8) is 0 Å². The van der Waals surface area contributed by atoms with Gasteiger partial charge in [-0.25, -0.2) is 8.42 Å². The lowest BCUT2D eigenvalue weighted by Gasteiger charge is -2.28. The number of carbonyl (C=O) groups excluding carboxylic acids is 1. The molecule has 2 aromatic rings. The number of piperidine rings is 1. The minimum Gasteiger partial charge on any atom is -0.405 e. The topological polar surface area (TPSA) is 87.7 Å². The zero-order valence-corrected chi connectivity index (χ0v) is 18.0. The molecule has 0 aliphatic carbocycles. The number of hydrogen-bond acceptors (Lipinski definition) is 5. The van der Waals surface area contributed by atoms with Gasteiger partial charge >= 0.3 is 6.36 Å². The molecule has 11 heteroatoms. The first kappa shape index (κ1) is 23.7. The Balaban J connectivity index is 1.54. The third-order valence-electron chi connectivity index (χ3n) is 4.86. The summed E-state index contributed by atoms with van der Waals surface area (Å²) in [5, 5.41) is 2.31. The summed E-state index contributed by atoms with van der Waals surface area (Å²) in [6.45, 7) is 1.61. The molecule has 7 nitrogen and oxygen atoms in total. The molecule has 0 radical (unpaired) electrons. The van der Waals surface area contributed by atoms with Crippen LogP contribution >= 0.6 is 0 Å². The van der Waals surface area contributed by atoms with E-state index in [0.29, 0.717) is 5.69 Å². The summed E-state index contributed by atoms with van der Waals surface area (Å²) in [5.41, 5.74) is 1.39. The number of anilines is 2. The molecular weight excluding hydrogens is 447 g/mol. The zero-order valence-electron chi connectivity index (χ0n) is 17.2. The van der Waals surface area contributed by atoms with E-state index in [4.69, 9.17) is 0 Å². The van der Waals surface area contributed by atoms with Crippen molar-refractivity contribution in [3.05, 3.63) is 54.1 Å². The Hall–Kier alpha value is -2.95. The quantitative estimate of drug-likeness (QED) is 0.614. The van der Waals surface area contributed by atoms with Crippen molar-refractivity contribution in [3.8, 4) is 5.75 Å². The van der Waals surface area contributed by atoms with Crippen molar-refractivity contribution in [2.24, 2.45) is 0 Å². The number of sulfonamides is 1. The van der Waals surface area contributed by atoms with E-state index in [9.17, 15) is 26.4 Å². The predicted octanol–water partition coefficient (Wildman–Crippen LogP) is 3.63. The third-order valence-corrected chi connectivity index (χ3v) is 6.05. The van der Waals surface area contributed by atoms with Crippen LogP contribution < -0.4 is 19.7 Å². The van der Waals surface area contributed by atoms with Gasteiger partial charge in [0.1, 0.15) is 11.5 Å². The molecule has 2 N–H and O–H groups in total. The Morgan fingerprint density at radius 1 is 1.00 bits per heavy atom. The van der Waals surface area contributed by atoms with Gasteiger partial charge < -0.3 is 15.0 Å². The van der Waals surface area contributed by atoms with E-state index in [1.807, 2.05) is 12.1 Å². The molecule has 1 saturated heterocycles. The van der Waals surface area contributed by atoms with E-state index in [-0.39, 0.29) is 12.1 Å².